The van der Waals surface area contributed by atoms with Crippen LogP contribution in [0.1, 0.15) is 33.6 Å². The normalized spacial score (nSPS) is 10.6. The molecular formula is C15H32IN5O2. The molecule has 0 aromatic rings. The lowest BCUT2D eigenvalue weighted by molar-refractivity contribution is -0.130. The Balaban J connectivity index is 0. The molecule has 0 aromatic heterocycles. The number of amides is 2. The summed E-state index contributed by atoms with van der Waals surface area (Å²) in [6.45, 7) is 9.08. The zero-order valence-electron chi connectivity index (χ0n) is 15.0. The van der Waals surface area contributed by atoms with E-state index in [-0.39, 0.29) is 35.8 Å². The predicted molar refractivity (Wildman–Crippen MR) is 105 cm³/mol. The van der Waals surface area contributed by atoms with Gasteiger partial charge in [-0.05, 0) is 20.8 Å². The summed E-state index contributed by atoms with van der Waals surface area (Å²) in [5.74, 6) is 0.828. The smallest absolute Gasteiger partial charge is 0.224 e. The average Bonchev–Trinajstić information content (AvgIpc) is 2.48. The van der Waals surface area contributed by atoms with Gasteiger partial charge in [-0.3, -0.25) is 14.6 Å². The van der Waals surface area contributed by atoms with E-state index in [0.717, 1.165) is 19.6 Å². The van der Waals surface area contributed by atoms with Crippen LogP contribution in [0.5, 0.6) is 0 Å². The third-order valence-corrected chi connectivity index (χ3v) is 3.19. The van der Waals surface area contributed by atoms with Crippen LogP contribution in [0, 0.1) is 0 Å². The highest BCUT2D eigenvalue weighted by Crippen LogP contribution is 1.93. The molecule has 0 aliphatic carbocycles. The Bertz CT molecular complexity index is 371. The minimum atomic E-state index is 0. The fraction of sp³-hybridized carbons (Fsp3) is 0.800. The van der Waals surface area contributed by atoms with Crippen LogP contribution >= 0.6 is 24.0 Å². The predicted octanol–water partition coefficient (Wildman–Crippen LogP) is 0.896. The summed E-state index contributed by atoms with van der Waals surface area (Å²) >= 11 is 0. The van der Waals surface area contributed by atoms with Gasteiger partial charge in [0.2, 0.25) is 11.8 Å². The van der Waals surface area contributed by atoms with Crippen LogP contribution in [0.25, 0.3) is 0 Å². The number of nitrogens with one attached hydrogen (secondary N) is 2. The van der Waals surface area contributed by atoms with Gasteiger partial charge in [0.1, 0.15) is 0 Å². The average molecular weight is 441 g/mol. The first-order valence-electron chi connectivity index (χ1n) is 7.96. The van der Waals surface area contributed by atoms with Gasteiger partial charge in [-0.1, -0.05) is 0 Å². The summed E-state index contributed by atoms with van der Waals surface area (Å²) in [6.07, 6.45) is 0.810. The Morgan fingerprint density at radius 2 is 1.57 bits per heavy atom. The molecule has 0 bridgehead atoms. The largest absolute Gasteiger partial charge is 0.357 e. The molecule has 0 unspecified atom stereocenters. The highest BCUT2D eigenvalue weighted by atomic mass is 127. The monoisotopic (exact) mass is 441 g/mol. The maximum atomic E-state index is 11.9. The first kappa shape index (κ1) is 24.2. The molecule has 0 rings (SSSR count). The van der Waals surface area contributed by atoms with Gasteiger partial charge in [-0.2, -0.15) is 0 Å². The van der Waals surface area contributed by atoms with Gasteiger partial charge in [-0.15, -0.1) is 24.0 Å². The minimum absolute atomic E-state index is 0. The second-order valence-corrected chi connectivity index (χ2v) is 5.04. The van der Waals surface area contributed by atoms with Crippen molar-refractivity contribution in [2.45, 2.75) is 33.6 Å². The molecule has 8 heteroatoms. The number of rotatable bonds is 9. The fourth-order valence-corrected chi connectivity index (χ4v) is 1.85. The molecule has 0 spiro atoms. The summed E-state index contributed by atoms with van der Waals surface area (Å²) in [6, 6.07) is 0. The molecule has 7 nitrogen and oxygen atoms in total. The molecule has 0 aliphatic heterocycles. The van der Waals surface area contributed by atoms with Crippen LogP contribution in [0.3, 0.4) is 0 Å². The molecule has 0 atom stereocenters. The molecule has 0 heterocycles. The quantitative estimate of drug-likeness (QED) is 0.317. The van der Waals surface area contributed by atoms with Gasteiger partial charge in [0, 0.05) is 53.1 Å². The standard InChI is InChI=1S/C15H31N5O2.HI/c1-6-16-15(17-11-9-13(21)19(4)5)18-12-10-14(22)20(7-2)8-3;/h6-12H2,1-5H3,(H2,16,17,18);1H. The Hall–Kier alpha value is -1.06. The molecular weight excluding hydrogens is 409 g/mol. The molecule has 0 saturated heterocycles. The molecule has 0 radical (unpaired) electrons. The van der Waals surface area contributed by atoms with Crippen molar-refractivity contribution in [1.82, 2.24) is 20.4 Å². The van der Waals surface area contributed by atoms with Crippen LogP contribution in [-0.4, -0.2) is 74.4 Å². The van der Waals surface area contributed by atoms with E-state index >= 15 is 0 Å². The number of carbonyl (C=O) groups excluding carboxylic acids is 2. The van der Waals surface area contributed by atoms with E-state index in [1.165, 1.54) is 0 Å². The summed E-state index contributed by atoms with van der Waals surface area (Å²) < 4.78 is 0. The Morgan fingerprint density at radius 3 is 2.04 bits per heavy atom. The van der Waals surface area contributed by atoms with E-state index in [1.807, 2.05) is 25.7 Å². The zero-order chi connectivity index (χ0) is 17.0. The molecule has 0 aliphatic rings. The second kappa shape index (κ2) is 14.5. The Labute approximate surface area is 157 Å². The SMILES string of the molecule is CCNC(=NCCC(=O)N(C)C)NCCC(=O)N(CC)CC.I. The van der Waals surface area contributed by atoms with Crippen molar-refractivity contribution < 1.29 is 9.59 Å². The van der Waals surface area contributed by atoms with Crippen LogP contribution in [0.4, 0.5) is 0 Å². The van der Waals surface area contributed by atoms with E-state index in [1.54, 1.807) is 19.0 Å². The molecule has 23 heavy (non-hydrogen) atoms. The number of nitrogens with zero attached hydrogens (tertiary/aromatic N) is 3. The van der Waals surface area contributed by atoms with Gasteiger partial charge in [-0.25, -0.2) is 0 Å². The third-order valence-electron chi connectivity index (χ3n) is 3.19. The van der Waals surface area contributed by atoms with Crippen LogP contribution in [0.2, 0.25) is 0 Å². The highest BCUT2D eigenvalue weighted by Gasteiger charge is 2.09. The van der Waals surface area contributed by atoms with E-state index in [2.05, 4.69) is 15.6 Å². The number of aliphatic imine (C=N–C) groups is 1. The number of hydrogen-bond donors (Lipinski definition) is 2. The highest BCUT2D eigenvalue weighted by molar-refractivity contribution is 14.0. The van der Waals surface area contributed by atoms with Gasteiger partial charge in [0.05, 0.1) is 6.54 Å². The number of guanidine groups is 1. The van der Waals surface area contributed by atoms with Gasteiger partial charge < -0.3 is 20.4 Å². The van der Waals surface area contributed by atoms with Gasteiger partial charge >= 0.3 is 0 Å². The molecule has 136 valence electrons. The first-order valence-corrected chi connectivity index (χ1v) is 7.96. The van der Waals surface area contributed by atoms with Crippen molar-refractivity contribution >= 4 is 41.8 Å². The number of hydrogen-bond acceptors (Lipinski definition) is 3. The van der Waals surface area contributed by atoms with Gasteiger partial charge in [0.15, 0.2) is 5.96 Å². The molecule has 0 saturated carbocycles. The summed E-state index contributed by atoms with van der Waals surface area (Å²) in [7, 11) is 3.46. The van der Waals surface area contributed by atoms with E-state index in [0.29, 0.717) is 31.9 Å². The van der Waals surface area contributed by atoms with Crippen molar-refractivity contribution in [3.05, 3.63) is 0 Å². The molecule has 0 aromatic carbocycles. The third kappa shape index (κ3) is 11.2. The lowest BCUT2D eigenvalue weighted by Gasteiger charge is -2.19. The zero-order valence-corrected chi connectivity index (χ0v) is 17.3. The van der Waals surface area contributed by atoms with Crippen molar-refractivity contribution in [3.8, 4) is 0 Å². The Morgan fingerprint density at radius 1 is 0.957 bits per heavy atom. The van der Waals surface area contributed by atoms with Crippen LogP contribution < -0.4 is 10.6 Å². The molecule has 2 N–H and O–H groups in total. The number of carbonyl (C=O) groups is 2. The summed E-state index contributed by atoms with van der Waals surface area (Å²) in [4.78, 5) is 31.1. The maximum Gasteiger partial charge on any atom is 0.224 e. The van der Waals surface area contributed by atoms with E-state index < -0.39 is 0 Å². The summed E-state index contributed by atoms with van der Waals surface area (Å²) in [5.41, 5.74) is 0. The number of halogens is 1. The van der Waals surface area contributed by atoms with Crippen molar-refractivity contribution in [2.75, 3.05) is 46.8 Å². The minimum Gasteiger partial charge on any atom is -0.357 e. The van der Waals surface area contributed by atoms with Crippen molar-refractivity contribution in [2.24, 2.45) is 4.99 Å². The Kier molecular flexibility index (Phi) is 15.3. The second-order valence-electron chi connectivity index (χ2n) is 5.04. The fourth-order valence-electron chi connectivity index (χ4n) is 1.85. The molecule has 2 amide bonds. The molecule has 0 fully saturated rings. The van der Waals surface area contributed by atoms with Crippen LogP contribution in [0.15, 0.2) is 4.99 Å². The van der Waals surface area contributed by atoms with Gasteiger partial charge in [0.25, 0.3) is 0 Å². The topological polar surface area (TPSA) is 77.0 Å². The van der Waals surface area contributed by atoms with E-state index in [9.17, 15) is 9.59 Å². The van der Waals surface area contributed by atoms with Crippen molar-refractivity contribution in [1.29, 1.82) is 0 Å². The lowest BCUT2D eigenvalue weighted by Crippen LogP contribution is -2.40. The lowest BCUT2D eigenvalue weighted by atomic mass is 10.3. The van der Waals surface area contributed by atoms with E-state index in [4.69, 9.17) is 0 Å². The summed E-state index contributed by atoms with van der Waals surface area (Å²) in [5, 5.41) is 6.23. The first-order chi connectivity index (χ1) is 10.5. The maximum absolute atomic E-state index is 11.9. The van der Waals surface area contributed by atoms with Crippen LogP contribution in [-0.2, 0) is 9.59 Å². The van der Waals surface area contributed by atoms with Crippen molar-refractivity contribution in [3.63, 3.8) is 0 Å².